The van der Waals surface area contributed by atoms with E-state index in [2.05, 4.69) is 14.7 Å². The Bertz CT molecular complexity index is 292. The Hall–Kier alpha value is -1.10. The lowest BCUT2D eigenvalue weighted by molar-refractivity contribution is -0.140. The van der Waals surface area contributed by atoms with Crippen LogP contribution < -0.4 is 0 Å². The first-order chi connectivity index (χ1) is 6.72. The molecule has 0 aliphatic carbocycles. The number of thioether (sulfide) groups is 1. The lowest BCUT2D eigenvalue weighted by atomic mass is 10.3. The normalized spacial score (nSPS) is 12.1. The highest BCUT2D eigenvalue weighted by Gasteiger charge is 2.11. The Balaban J connectivity index is 2.41. The molecule has 76 valence electrons. The summed E-state index contributed by atoms with van der Waals surface area (Å²) in [6, 6.07) is 1.76. The summed E-state index contributed by atoms with van der Waals surface area (Å²) in [7, 11) is 1.39. The van der Waals surface area contributed by atoms with E-state index in [1.165, 1.54) is 18.9 Å². The maximum atomic E-state index is 10.9. The molecule has 0 fully saturated rings. The minimum Gasteiger partial charge on any atom is -0.469 e. The summed E-state index contributed by atoms with van der Waals surface area (Å²) in [6.45, 7) is 1.94. The number of ether oxygens (including phenoxy) is 1. The molecule has 0 aromatic carbocycles. The van der Waals surface area contributed by atoms with Crippen molar-refractivity contribution in [3.63, 3.8) is 0 Å². The Morgan fingerprint density at radius 3 is 2.79 bits per heavy atom. The lowest BCUT2D eigenvalue weighted by Crippen LogP contribution is -2.08. The van der Waals surface area contributed by atoms with Crippen molar-refractivity contribution in [3.05, 3.63) is 18.5 Å². The number of esters is 1. The number of methoxy groups -OCH3 is 1. The van der Waals surface area contributed by atoms with Gasteiger partial charge in [-0.2, -0.15) is 0 Å². The van der Waals surface area contributed by atoms with Crippen molar-refractivity contribution in [2.45, 2.75) is 23.8 Å². The second kappa shape index (κ2) is 5.59. The SMILES string of the molecule is COC(=O)CC(C)Sc1ncccn1. The first kappa shape index (κ1) is 11.0. The van der Waals surface area contributed by atoms with E-state index in [-0.39, 0.29) is 11.2 Å². The third kappa shape index (κ3) is 3.74. The Labute approximate surface area is 87.1 Å². The van der Waals surface area contributed by atoms with Crippen LogP contribution in [0.4, 0.5) is 0 Å². The first-order valence-corrected chi connectivity index (χ1v) is 5.11. The summed E-state index contributed by atoms with van der Waals surface area (Å²) in [4.78, 5) is 19.0. The van der Waals surface area contributed by atoms with Gasteiger partial charge in [-0.05, 0) is 6.07 Å². The van der Waals surface area contributed by atoms with Gasteiger partial charge in [0.05, 0.1) is 13.5 Å². The fourth-order valence-electron chi connectivity index (χ4n) is 0.886. The van der Waals surface area contributed by atoms with E-state index in [9.17, 15) is 4.79 Å². The Morgan fingerprint density at radius 1 is 1.57 bits per heavy atom. The molecule has 1 unspecified atom stereocenters. The van der Waals surface area contributed by atoms with Gasteiger partial charge in [-0.1, -0.05) is 18.7 Å². The second-order valence-corrected chi connectivity index (χ2v) is 4.15. The predicted molar refractivity (Wildman–Crippen MR) is 54.0 cm³/mol. The van der Waals surface area contributed by atoms with E-state index in [4.69, 9.17) is 0 Å². The second-order valence-electron chi connectivity index (χ2n) is 2.74. The van der Waals surface area contributed by atoms with E-state index in [0.29, 0.717) is 11.6 Å². The molecule has 0 N–H and O–H groups in total. The molecule has 0 aliphatic rings. The standard InChI is InChI=1S/C9H12N2O2S/c1-7(6-8(12)13-2)14-9-10-4-3-5-11-9/h3-5,7H,6H2,1-2H3. The van der Waals surface area contributed by atoms with Gasteiger partial charge in [0.15, 0.2) is 5.16 Å². The summed E-state index contributed by atoms with van der Waals surface area (Å²) >= 11 is 1.46. The molecular formula is C9H12N2O2S. The zero-order valence-corrected chi connectivity index (χ0v) is 8.95. The van der Waals surface area contributed by atoms with Crippen molar-refractivity contribution < 1.29 is 9.53 Å². The van der Waals surface area contributed by atoms with Crippen molar-refractivity contribution in [1.29, 1.82) is 0 Å². The summed E-state index contributed by atoms with van der Waals surface area (Å²) < 4.78 is 4.57. The van der Waals surface area contributed by atoms with Crippen molar-refractivity contribution in [2.24, 2.45) is 0 Å². The highest BCUT2D eigenvalue weighted by molar-refractivity contribution is 7.99. The minimum atomic E-state index is -0.207. The van der Waals surface area contributed by atoms with Gasteiger partial charge in [0.2, 0.25) is 0 Å². The maximum absolute atomic E-state index is 10.9. The molecule has 14 heavy (non-hydrogen) atoms. The van der Waals surface area contributed by atoms with E-state index in [1.54, 1.807) is 18.5 Å². The topological polar surface area (TPSA) is 52.1 Å². The van der Waals surface area contributed by atoms with Crippen LogP contribution in [0.3, 0.4) is 0 Å². The average molecular weight is 212 g/mol. The van der Waals surface area contributed by atoms with E-state index in [1.807, 2.05) is 6.92 Å². The molecule has 0 bridgehead atoms. The molecule has 0 saturated carbocycles. The fourth-order valence-corrected chi connectivity index (χ4v) is 1.71. The zero-order valence-electron chi connectivity index (χ0n) is 8.14. The molecule has 0 saturated heterocycles. The van der Waals surface area contributed by atoms with Crippen molar-refractivity contribution in [2.75, 3.05) is 7.11 Å². The van der Waals surface area contributed by atoms with Gasteiger partial charge in [-0.15, -0.1) is 0 Å². The predicted octanol–water partition coefficient (Wildman–Crippen LogP) is 1.52. The highest BCUT2D eigenvalue weighted by Crippen LogP contribution is 2.20. The molecule has 0 aliphatic heterocycles. The van der Waals surface area contributed by atoms with Gasteiger partial charge in [-0.3, -0.25) is 4.79 Å². The van der Waals surface area contributed by atoms with Crippen molar-refractivity contribution in [1.82, 2.24) is 9.97 Å². The molecule has 0 amide bonds. The fraction of sp³-hybridized carbons (Fsp3) is 0.444. The number of carbonyl (C=O) groups is 1. The number of rotatable bonds is 4. The van der Waals surface area contributed by atoms with Gasteiger partial charge in [0.25, 0.3) is 0 Å². The Kier molecular flexibility index (Phi) is 4.39. The van der Waals surface area contributed by atoms with Gasteiger partial charge in [0.1, 0.15) is 0 Å². The van der Waals surface area contributed by atoms with Gasteiger partial charge >= 0.3 is 5.97 Å². The van der Waals surface area contributed by atoms with Crippen LogP contribution in [0.2, 0.25) is 0 Å². The van der Waals surface area contributed by atoms with Gasteiger partial charge in [0, 0.05) is 17.6 Å². The number of hydrogen-bond donors (Lipinski definition) is 0. The first-order valence-electron chi connectivity index (χ1n) is 4.23. The number of nitrogens with zero attached hydrogens (tertiary/aromatic N) is 2. The van der Waals surface area contributed by atoms with E-state index >= 15 is 0 Å². The molecule has 1 aromatic rings. The summed E-state index contributed by atoms with van der Waals surface area (Å²) in [5.41, 5.74) is 0. The van der Waals surface area contributed by atoms with Crippen LogP contribution in [0.25, 0.3) is 0 Å². The van der Waals surface area contributed by atoms with Crippen LogP contribution >= 0.6 is 11.8 Å². The third-order valence-electron chi connectivity index (χ3n) is 1.53. The van der Waals surface area contributed by atoms with Crippen LogP contribution in [-0.4, -0.2) is 28.3 Å². The number of aromatic nitrogens is 2. The molecule has 1 aromatic heterocycles. The molecule has 0 spiro atoms. The number of carbonyl (C=O) groups excluding carboxylic acids is 1. The largest absolute Gasteiger partial charge is 0.469 e. The van der Waals surface area contributed by atoms with Crippen LogP contribution in [0.15, 0.2) is 23.6 Å². The number of hydrogen-bond acceptors (Lipinski definition) is 5. The minimum absolute atomic E-state index is 0.129. The zero-order chi connectivity index (χ0) is 10.4. The monoisotopic (exact) mass is 212 g/mol. The smallest absolute Gasteiger partial charge is 0.306 e. The quantitative estimate of drug-likeness (QED) is 0.430. The van der Waals surface area contributed by atoms with Crippen molar-refractivity contribution >= 4 is 17.7 Å². The summed E-state index contributed by atoms with van der Waals surface area (Å²) in [5, 5.41) is 0.814. The molecular weight excluding hydrogens is 200 g/mol. The van der Waals surface area contributed by atoms with Gasteiger partial charge in [-0.25, -0.2) is 9.97 Å². The molecule has 4 nitrogen and oxygen atoms in total. The molecule has 1 atom stereocenters. The Morgan fingerprint density at radius 2 is 2.21 bits per heavy atom. The van der Waals surface area contributed by atoms with Crippen LogP contribution in [0.5, 0.6) is 0 Å². The van der Waals surface area contributed by atoms with Crippen LogP contribution in [0, 0.1) is 0 Å². The molecule has 5 heteroatoms. The molecule has 1 heterocycles. The van der Waals surface area contributed by atoms with Crippen LogP contribution in [-0.2, 0) is 9.53 Å². The van der Waals surface area contributed by atoms with Gasteiger partial charge < -0.3 is 4.74 Å². The molecule has 0 radical (unpaired) electrons. The summed E-state index contributed by atoms with van der Waals surface area (Å²) in [5.74, 6) is -0.207. The van der Waals surface area contributed by atoms with Crippen molar-refractivity contribution in [3.8, 4) is 0 Å². The van der Waals surface area contributed by atoms with E-state index < -0.39 is 0 Å². The van der Waals surface area contributed by atoms with E-state index in [0.717, 1.165) is 0 Å². The molecule has 1 rings (SSSR count). The maximum Gasteiger partial charge on any atom is 0.306 e. The highest BCUT2D eigenvalue weighted by atomic mass is 32.2. The lowest BCUT2D eigenvalue weighted by Gasteiger charge is -2.07. The third-order valence-corrected chi connectivity index (χ3v) is 2.52. The average Bonchev–Trinajstić information content (AvgIpc) is 2.19. The van der Waals surface area contributed by atoms with Crippen LogP contribution in [0.1, 0.15) is 13.3 Å². The summed E-state index contributed by atoms with van der Waals surface area (Å²) in [6.07, 6.45) is 3.74.